The molecule has 2 N–H and O–H groups in total. The molecular formula is C23H23ClN2O3S. The van der Waals surface area contributed by atoms with Gasteiger partial charge in [0.05, 0.1) is 16.8 Å². The van der Waals surface area contributed by atoms with Crippen LogP contribution in [0.25, 0.3) is 0 Å². The van der Waals surface area contributed by atoms with Crippen LogP contribution < -0.4 is 10.0 Å². The van der Waals surface area contributed by atoms with Crippen LogP contribution in [-0.4, -0.2) is 14.3 Å². The van der Waals surface area contributed by atoms with E-state index in [0.29, 0.717) is 5.69 Å². The highest BCUT2D eigenvalue weighted by Crippen LogP contribution is 2.26. The van der Waals surface area contributed by atoms with Gasteiger partial charge in [-0.2, -0.15) is 0 Å². The molecule has 7 heteroatoms. The fraction of sp³-hybridized carbons (Fsp3) is 0.174. The monoisotopic (exact) mass is 442 g/mol. The number of carbonyl (C=O) groups is 1. The van der Waals surface area contributed by atoms with E-state index in [4.69, 9.17) is 11.6 Å². The zero-order valence-electron chi connectivity index (χ0n) is 16.9. The van der Waals surface area contributed by atoms with Crippen LogP contribution in [0.15, 0.2) is 71.6 Å². The molecule has 0 aliphatic heterocycles. The standard InChI is InChI=1S/C23H23ClN2O3S/c1-15-8-10-18(11-9-15)17(3)25-23(27)19-12-13-20(24)22(14-19)30(28,29)26-21-7-5-4-6-16(21)2/h4-14,17,26H,1-3H3,(H,25,27)/t17-/m0/s1. The molecule has 0 aromatic heterocycles. The smallest absolute Gasteiger partial charge is 0.263 e. The van der Waals surface area contributed by atoms with Crippen molar-refractivity contribution in [3.05, 3.63) is 94.0 Å². The van der Waals surface area contributed by atoms with E-state index in [2.05, 4.69) is 10.0 Å². The summed E-state index contributed by atoms with van der Waals surface area (Å²) in [5.74, 6) is -0.382. The third-order valence-electron chi connectivity index (χ3n) is 4.80. The second-order valence-electron chi connectivity index (χ2n) is 7.17. The van der Waals surface area contributed by atoms with E-state index in [1.165, 1.54) is 18.2 Å². The van der Waals surface area contributed by atoms with Crippen molar-refractivity contribution < 1.29 is 13.2 Å². The molecular weight excluding hydrogens is 420 g/mol. The fourth-order valence-electron chi connectivity index (χ4n) is 2.96. The number of benzene rings is 3. The quantitative estimate of drug-likeness (QED) is 0.547. The van der Waals surface area contributed by atoms with Gasteiger partial charge in [0.25, 0.3) is 15.9 Å². The summed E-state index contributed by atoms with van der Waals surface area (Å²) in [6, 6.07) is 18.9. The van der Waals surface area contributed by atoms with Gasteiger partial charge in [-0.3, -0.25) is 9.52 Å². The summed E-state index contributed by atoms with van der Waals surface area (Å²) >= 11 is 6.16. The Morgan fingerprint density at radius 3 is 2.30 bits per heavy atom. The molecule has 1 atom stereocenters. The minimum atomic E-state index is -3.97. The summed E-state index contributed by atoms with van der Waals surface area (Å²) in [6.45, 7) is 5.67. The SMILES string of the molecule is Cc1ccc([C@H](C)NC(=O)c2ccc(Cl)c(S(=O)(=O)Nc3ccccc3C)c2)cc1. The van der Waals surface area contributed by atoms with Crippen LogP contribution >= 0.6 is 11.6 Å². The first-order chi connectivity index (χ1) is 14.2. The molecule has 30 heavy (non-hydrogen) atoms. The number of sulfonamides is 1. The van der Waals surface area contributed by atoms with Crippen molar-refractivity contribution >= 4 is 33.2 Å². The maximum atomic E-state index is 12.9. The largest absolute Gasteiger partial charge is 0.346 e. The average Bonchev–Trinajstić information content (AvgIpc) is 2.70. The second-order valence-corrected chi connectivity index (χ2v) is 9.23. The molecule has 3 rings (SSSR count). The van der Waals surface area contributed by atoms with Crippen molar-refractivity contribution in [3.8, 4) is 0 Å². The summed E-state index contributed by atoms with van der Waals surface area (Å²) in [5.41, 5.74) is 3.53. The lowest BCUT2D eigenvalue weighted by Crippen LogP contribution is -2.27. The van der Waals surface area contributed by atoms with E-state index in [-0.39, 0.29) is 27.4 Å². The molecule has 0 saturated heterocycles. The minimum absolute atomic E-state index is 0.0409. The second kappa shape index (κ2) is 8.90. The number of aryl methyl sites for hydroxylation is 2. The molecule has 0 bridgehead atoms. The van der Waals surface area contributed by atoms with E-state index < -0.39 is 10.0 Å². The Balaban J connectivity index is 1.84. The highest BCUT2D eigenvalue weighted by Gasteiger charge is 2.21. The molecule has 3 aromatic carbocycles. The summed E-state index contributed by atoms with van der Waals surface area (Å²) in [4.78, 5) is 12.6. The van der Waals surface area contributed by atoms with Gasteiger partial charge in [-0.15, -0.1) is 0 Å². The number of hydrogen-bond donors (Lipinski definition) is 2. The number of anilines is 1. The van der Waals surface area contributed by atoms with Crippen molar-refractivity contribution in [1.29, 1.82) is 0 Å². The zero-order chi connectivity index (χ0) is 21.9. The molecule has 1 amide bonds. The van der Waals surface area contributed by atoms with Gasteiger partial charge in [-0.1, -0.05) is 59.6 Å². The third-order valence-corrected chi connectivity index (χ3v) is 6.64. The van der Waals surface area contributed by atoms with Crippen molar-refractivity contribution in [2.45, 2.75) is 31.7 Å². The first-order valence-corrected chi connectivity index (χ1v) is 11.3. The number of carbonyl (C=O) groups excluding carboxylic acids is 1. The van der Waals surface area contributed by atoms with Crippen LogP contribution in [0.5, 0.6) is 0 Å². The van der Waals surface area contributed by atoms with Crippen LogP contribution in [0.3, 0.4) is 0 Å². The molecule has 0 fully saturated rings. The van der Waals surface area contributed by atoms with Gasteiger partial charge in [0.1, 0.15) is 4.90 Å². The van der Waals surface area contributed by atoms with Gasteiger partial charge in [0.15, 0.2) is 0 Å². The molecule has 156 valence electrons. The lowest BCUT2D eigenvalue weighted by molar-refractivity contribution is 0.0939. The van der Waals surface area contributed by atoms with Crippen molar-refractivity contribution in [2.75, 3.05) is 4.72 Å². The fourth-order valence-corrected chi connectivity index (χ4v) is 4.61. The van der Waals surface area contributed by atoms with Crippen LogP contribution in [0, 0.1) is 13.8 Å². The Hall–Kier alpha value is -2.83. The van der Waals surface area contributed by atoms with Gasteiger partial charge in [0.2, 0.25) is 0 Å². The molecule has 0 saturated carbocycles. The molecule has 0 unspecified atom stereocenters. The Bertz CT molecular complexity index is 1180. The summed E-state index contributed by atoms with van der Waals surface area (Å²) < 4.78 is 28.3. The number of amides is 1. The maximum absolute atomic E-state index is 12.9. The molecule has 0 aliphatic rings. The normalized spacial score (nSPS) is 12.3. The summed E-state index contributed by atoms with van der Waals surface area (Å²) in [5, 5.41) is 2.93. The number of halogens is 1. The summed E-state index contributed by atoms with van der Waals surface area (Å²) in [6.07, 6.45) is 0. The van der Waals surface area contributed by atoms with Gasteiger partial charge < -0.3 is 5.32 Å². The van der Waals surface area contributed by atoms with Crippen LogP contribution in [0.2, 0.25) is 5.02 Å². The predicted molar refractivity (Wildman–Crippen MR) is 120 cm³/mol. The van der Waals surface area contributed by atoms with Crippen LogP contribution in [0.1, 0.15) is 40.0 Å². The Kier molecular flexibility index (Phi) is 6.48. The van der Waals surface area contributed by atoms with E-state index >= 15 is 0 Å². The number of hydrogen-bond acceptors (Lipinski definition) is 3. The summed E-state index contributed by atoms with van der Waals surface area (Å²) in [7, 11) is -3.97. The minimum Gasteiger partial charge on any atom is -0.346 e. The van der Waals surface area contributed by atoms with E-state index in [0.717, 1.165) is 16.7 Å². The first kappa shape index (κ1) is 21.9. The van der Waals surface area contributed by atoms with Crippen LogP contribution in [0.4, 0.5) is 5.69 Å². The Labute approximate surface area is 182 Å². The topological polar surface area (TPSA) is 75.3 Å². The lowest BCUT2D eigenvalue weighted by Gasteiger charge is -2.16. The predicted octanol–water partition coefficient (Wildman–Crippen LogP) is 5.25. The first-order valence-electron chi connectivity index (χ1n) is 9.43. The van der Waals surface area contributed by atoms with Crippen molar-refractivity contribution in [1.82, 2.24) is 5.32 Å². The van der Waals surface area contributed by atoms with E-state index in [9.17, 15) is 13.2 Å². The molecule has 0 aliphatic carbocycles. The highest BCUT2D eigenvalue weighted by molar-refractivity contribution is 7.92. The Morgan fingerprint density at radius 2 is 1.63 bits per heavy atom. The average molecular weight is 443 g/mol. The van der Waals surface area contributed by atoms with Crippen LogP contribution in [-0.2, 0) is 10.0 Å². The van der Waals surface area contributed by atoms with Gasteiger partial charge in [-0.05, 0) is 56.2 Å². The van der Waals surface area contributed by atoms with Crippen molar-refractivity contribution in [3.63, 3.8) is 0 Å². The Morgan fingerprint density at radius 1 is 0.967 bits per heavy atom. The molecule has 5 nitrogen and oxygen atoms in total. The molecule has 0 heterocycles. The molecule has 3 aromatic rings. The lowest BCUT2D eigenvalue weighted by atomic mass is 10.1. The van der Waals surface area contributed by atoms with Gasteiger partial charge in [0, 0.05) is 5.56 Å². The number of nitrogens with one attached hydrogen (secondary N) is 2. The number of rotatable bonds is 6. The third kappa shape index (κ3) is 5.01. The highest BCUT2D eigenvalue weighted by atomic mass is 35.5. The number of para-hydroxylation sites is 1. The molecule has 0 spiro atoms. The van der Waals surface area contributed by atoms with Crippen molar-refractivity contribution in [2.24, 2.45) is 0 Å². The van der Waals surface area contributed by atoms with E-state index in [1.807, 2.05) is 44.2 Å². The molecule has 0 radical (unpaired) electrons. The van der Waals surface area contributed by atoms with Gasteiger partial charge in [-0.25, -0.2) is 8.42 Å². The van der Waals surface area contributed by atoms with Gasteiger partial charge >= 0.3 is 0 Å². The van der Waals surface area contributed by atoms with E-state index in [1.54, 1.807) is 25.1 Å². The zero-order valence-corrected chi connectivity index (χ0v) is 18.5. The maximum Gasteiger partial charge on any atom is 0.263 e.